The Kier molecular flexibility index (Phi) is 2.25. The van der Waals surface area contributed by atoms with Crippen molar-refractivity contribution in [3.05, 3.63) is 52.7 Å². The Morgan fingerprint density at radius 2 is 1.87 bits per heavy atom. The summed E-state index contributed by atoms with van der Waals surface area (Å²) < 4.78 is 1.15. The highest BCUT2D eigenvalue weighted by atomic mass is 16.1. The molecule has 0 amide bonds. The number of nitrogens with two attached hydrogens (primary N) is 1. The molecule has 0 unspecified atom stereocenters. The Balaban J connectivity index is 2.65. The van der Waals surface area contributed by atoms with Crippen LogP contribution in [0, 0.1) is 6.92 Å². The maximum absolute atomic E-state index is 11.2. The van der Waals surface area contributed by atoms with Gasteiger partial charge in [-0.15, -0.1) is 0 Å². The van der Waals surface area contributed by atoms with E-state index in [4.69, 9.17) is 5.84 Å². The molecule has 0 aliphatic heterocycles. The van der Waals surface area contributed by atoms with Crippen LogP contribution in [0.4, 0.5) is 0 Å². The molecule has 0 fully saturated rings. The van der Waals surface area contributed by atoms with Gasteiger partial charge in [0.25, 0.3) is 5.56 Å². The van der Waals surface area contributed by atoms with Crippen LogP contribution in [0.3, 0.4) is 0 Å². The summed E-state index contributed by atoms with van der Waals surface area (Å²) in [5.74, 6) is 5.61. The number of rotatable bonds is 1. The molecule has 0 radical (unpaired) electrons. The number of aromatic nitrogens is 2. The lowest BCUT2D eigenvalue weighted by atomic mass is 10.1. The molecule has 0 atom stereocenters. The molecular weight excluding hydrogens is 190 g/mol. The topological polar surface area (TPSA) is 60.9 Å². The minimum Gasteiger partial charge on any atom is -0.336 e. The van der Waals surface area contributed by atoms with Gasteiger partial charge in [0.15, 0.2) is 0 Å². The van der Waals surface area contributed by atoms with Gasteiger partial charge < -0.3 is 5.84 Å². The fourth-order valence-corrected chi connectivity index (χ4v) is 1.49. The third kappa shape index (κ3) is 1.61. The smallest absolute Gasteiger partial charge is 0.268 e. The Hall–Kier alpha value is -2.10. The van der Waals surface area contributed by atoms with Gasteiger partial charge >= 0.3 is 0 Å². The van der Waals surface area contributed by atoms with Crippen LogP contribution in [-0.4, -0.2) is 9.66 Å². The average molecular weight is 201 g/mol. The summed E-state index contributed by atoms with van der Waals surface area (Å²) in [6.07, 6.45) is 3.42. The van der Waals surface area contributed by atoms with Gasteiger partial charge in [-0.3, -0.25) is 9.78 Å². The SMILES string of the molecule is Cc1c(-c2ccncc2)ccc(=O)n1N. The molecule has 2 rings (SSSR count). The normalized spacial score (nSPS) is 10.2. The zero-order valence-electron chi connectivity index (χ0n) is 8.34. The van der Waals surface area contributed by atoms with Gasteiger partial charge in [0.1, 0.15) is 0 Å². The molecule has 0 saturated heterocycles. The van der Waals surface area contributed by atoms with Gasteiger partial charge in [0.2, 0.25) is 0 Å². The fourth-order valence-electron chi connectivity index (χ4n) is 1.49. The summed E-state index contributed by atoms with van der Waals surface area (Å²) in [5.41, 5.74) is 2.49. The number of hydrogen-bond acceptors (Lipinski definition) is 3. The van der Waals surface area contributed by atoms with E-state index < -0.39 is 0 Å². The van der Waals surface area contributed by atoms with E-state index in [2.05, 4.69) is 4.98 Å². The first-order valence-electron chi connectivity index (χ1n) is 4.58. The summed E-state index contributed by atoms with van der Waals surface area (Å²) >= 11 is 0. The van der Waals surface area contributed by atoms with E-state index in [-0.39, 0.29) is 5.56 Å². The summed E-state index contributed by atoms with van der Waals surface area (Å²) in [6, 6.07) is 7.00. The van der Waals surface area contributed by atoms with Gasteiger partial charge in [-0.05, 0) is 30.7 Å². The van der Waals surface area contributed by atoms with Gasteiger partial charge in [0.05, 0.1) is 0 Å². The van der Waals surface area contributed by atoms with Crippen molar-refractivity contribution in [2.45, 2.75) is 6.92 Å². The molecule has 2 aromatic heterocycles. The lowest BCUT2D eigenvalue weighted by Gasteiger charge is -2.08. The van der Waals surface area contributed by atoms with Crippen LogP contribution in [0.15, 0.2) is 41.5 Å². The molecular formula is C11H11N3O. The zero-order valence-corrected chi connectivity index (χ0v) is 8.34. The predicted molar refractivity (Wildman–Crippen MR) is 58.8 cm³/mol. The number of pyridine rings is 2. The summed E-state index contributed by atoms with van der Waals surface area (Å²) in [4.78, 5) is 15.2. The third-order valence-electron chi connectivity index (χ3n) is 2.37. The second-order valence-electron chi connectivity index (χ2n) is 3.28. The number of nitrogen functional groups attached to an aromatic ring is 1. The molecule has 4 heteroatoms. The highest BCUT2D eigenvalue weighted by molar-refractivity contribution is 5.64. The van der Waals surface area contributed by atoms with E-state index in [1.807, 2.05) is 19.1 Å². The van der Waals surface area contributed by atoms with E-state index in [1.165, 1.54) is 6.07 Å². The highest BCUT2D eigenvalue weighted by Gasteiger charge is 2.04. The van der Waals surface area contributed by atoms with Gasteiger partial charge in [0, 0.05) is 29.7 Å². The summed E-state index contributed by atoms with van der Waals surface area (Å²) in [5, 5.41) is 0. The van der Waals surface area contributed by atoms with Crippen molar-refractivity contribution in [2.75, 3.05) is 5.84 Å². The van der Waals surface area contributed by atoms with E-state index >= 15 is 0 Å². The maximum Gasteiger partial charge on any atom is 0.268 e. The van der Waals surface area contributed by atoms with Crippen molar-refractivity contribution in [3.63, 3.8) is 0 Å². The highest BCUT2D eigenvalue weighted by Crippen LogP contribution is 2.19. The minimum atomic E-state index is -0.203. The first kappa shape index (κ1) is 9.45. The molecule has 4 nitrogen and oxygen atoms in total. The first-order chi connectivity index (χ1) is 7.20. The largest absolute Gasteiger partial charge is 0.336 e. The summed E-state index contributed by atoms with van der Waals surface area (Å²) in [7, 11) is 0. The maximum atomic E-state index is 11.2. The predicted octanol–water partition coefficient (Wildman–Crippen LogP) is 0.933. The Morgan fingerprint density at radius 1 is 1.20 bits per heavy atom. The van der Waals surface area contributed by atoms with Crippen LogP contribution in [0.5, 0.6) is 0 Å². The van der Waals surface area contributed by atoms with Crippen LogP contribution in [0.1, 0.15) is 5.69 Å². The van der Waals surface area contributed by atoms with Crippen LogP contribution in [-0.2, 0) is 0 Å². The van der Waals surface area contributed by atoms with Crippen molar-refractivity contribution in [1.29, 1.82) is 0 Å². The van der Waals surface area contributed by atoms with Crippen molar-refractivity contribution in [3.8, 4) is 11.1 Å². The fraction of sp³-hybridized carbons (Fsp3) is 0.0909. The van der Waals surface area contributed by atoms with Crippen molar-refractivity contribution >= 4 is 0 Å². The van der Waals surface area contributed by atoms with Crippen LogP contribution >= 0.6 is 0 Å². The molecule has 2 N–H and O–H groups in total. The van der Waals surface area contributed by atoms with Gasteiger partial charge in [-0.25, -0.2) is 4.68 Å². The molecule has 0 aliphatic rings. The van der Waals surface area contributed by atoms with E-state index in [0.717, 1.165) is 21.5 Å². The molecule has 76 valence electrons. The Morgan fingerprint density at radius 3 is 2.53 bits per heavy atom. The first-order valence-corrected chi connectivity index (χ1v) is 4.58. The summed E-state index contributed by atoms with van der Waals surface area (Å²) in [6.45, 7) is 1.82. The molecule has 2 heterocycles. The lowest BCUT2D eigenvalue weighted by molar-refractivity contribution is 0.889. The van der Waals surface area contributed by atoms with Crippen LogP contribution in [0.2, 0.25) is 0 Å². The monoisotopic (exact) mass is 201 g/mol. The molecule has 0 saturated carbocycles. The Bertz CT molecular complexity index is 531. The second-order valence-corrected chi connectivity index (χ2v) is 3.28. The van der Waals surface area contributed by atoms with Crippen LogP contribution < -0.4 is 11.4 Å². The number of nitrogens with zero attached hydrogens (tertiary/aromatic N) is 2. The Labute approximate surface area is 87.0 Å². The molecule has 2 aromatic rings. The average Bonchev–Trinajstić information content (AvgIpc) is 2.27. The van der Waals surface area contributed by atoms with E-state index in [9.17, 15) is 4.79 Å². The van der Waals surface area contributed by atoms with Crippen molar-refractivity contribution in [1.82, 2.24) is 9.66 Å². The van der Waals surface area contributed by atoms with Gasteiger partial charge in [-0.1, -0.05) is 0 Å². The molecule has 0 spiro atoms. The van der Waals surface area contributed by atoms with Crippen LogP contribution in [0.25, 0.3) is 11.1 Å². The standard InChI is InChI=1S/C11H11N3O/c1-8-10(2-3-11(15)14(8)12)9-4-6-13-7-5-9/h2-7H,12H2,1H3. The quantitative estimate of drug-likeness (QED) is 0.698. The third-order valence-corrected chi connectivity index (χ3v) is 2.37. The molecule has 0 bridgehead atoms. The van der Waals surface area contributed by atoms with Crippen molar-refractivity contribution < 1.29 is 0 Å². The molecule has 15 heavy (non-hydrogen) atoms. The van der Waals surface area contributed by atoms with Crippen molar-refractivity contribution in [2.24, 2.45) is 0 Å². The van der Waals surface area contributed by atoms with E-state index in [1.54, 1.807) is 18.5 Å². The van der Waals surface area contributed by atoms with E-state index in [0.29, 0.717) is 0 Å². The lowest BCUT2D eigenvalue weighted by Crippen LogP contribution is -2.28. The second kappa shape index (κ2) is 3.57. The molecule has 0 aliphatic carbocycles. The zero-order chi connectivity index (χ0) is 10.8. The van der Waals surface area contributed by atoms with Gasteiger partial charge in [-0.2, -0.15) is 0 Å². The minimum absolute atomic E-state index is 0.203. The molecule has 0 aromatic carbocycles. The number of hydrogen-bond donors (Lipinski definition) is 1.